The van der Waals surface area contributed by atoms with Crippen LogP contribution >= 0.6 is 11.6 Å². The third-order valence-corrected chi connectivity index (χ3v) is 4.43. The molecule has 20 heavy (non-hydrogen) atoms. The lowest BCUT2D eigenvalue weighted by molar-refractivity contribution is -0.126. The highest BCUT2D eigenvalue weighted by atomic mass is 35.5. The Morgan fingerprint density at radius 3 is 2.90 bits per heavy atom. The molecule has 0 aromatic rings. The molecule has 2 aliphatic rings. The summed E-state index contributed by atoms with van der Waals surface area (Å²) in [6.45, 7) is 3.57. The first-order chi connectivity index (χ1) is 9.72. The summed E-state index contributed by atoms with van der Waals surface area (Å²) in [4.78, 5) is 14.4. The van der Waals surface area contributed by atoms with E-state index in [1.54, 1.807) is 7.11 Å². The molecule has 0 N–H and O–H groups in total. The fraction of sp³-hybridized carbons (Fsp3) is 0.800. The Balaban J connectivity index is 1.78. The highest BCUT2D eigenvalue weighted by Gasteiger charge is 2.29. The van der Waals surface area contributed by atoms with Crippen molar-refractivity contribution >= 4 is 17.5 Å². The van der Waals surface area contributed by atoms with Gasteiger partial charge in [0.15, 0.2) is 0 Å². The van der Waals surface area contributed by atoms with Crippen molar-refractivity contribution in [1.29, 1.82) is 0 Å². The summed E-state index contributed by atoms with van der Waals surface area (Å²) in [6.07, 6.45) is 4.90. The van der Waals surface area contributed by atoms with E-state index in [1.165, 1.54) is 0 Å². The maximum absolute atomic E-state index is 12.5. The molecule has 0 radical (unpaired) electrons. The number of nitrogens with zero attached hydrogens (tertiary/aromatic N) is 1. The lowest BCUT2D eigenvalue weighted by Crippen LogP contribution is -2.31. The number of hydrogen-bond donors (Lipinski definition) is 0. The summed E-state index contributed by atoms with van der Waals surface area (Å²) >= 11 is 6.20. The molecule has 1 atom stereocenters. The van der Waals surface area contributed by atoms with Crippen LogP contribution in [-0.2, 0) is 14.3 Å². The van der Waals surface area contributed by atoms with Crippen molar-refractivity contribution in [3.05, 3.63) is 10.6 Å². The van der Waals surface area contributed by atoms with E-state index in [4.69, 9.17) is 21.1 Å². The van der Waals surface area contributed by atoms with E-state index in [1.807, 2.05) is 4.90 Å². The van der Waals surface area contributed by atoms with Gasteiger partial charge in [-0.3, -0.25) is 4.79 Å². The SMILES string of the molecule is COCCOC[C@@H]1CCN(C(=O)C2=C(Cl)CCCC2)C1. The van der Waals surface area contributed by atoms with Gasteiger partial charge in [0, 0.05) is 36.7 Å². The molecule has 1 saturated heterocycles. The zero-order chi connectivity index (χ0) is 14.4. The largest absolute Gasteiger partial charge is 0.382 e. The topological polar surface area (TPSA) is 38.8 Å². The second-order valence-corrected chi connectivity index (χ2v) is 6.02. The highest BCUT2D eigenvalue weighted by molar-refractivity contribution is 6.32. The molecule has 4 nitrogen and oxygen atoms in total. The van der Waals surface area contributed by atoms with Gasteiger partial charge in [-0.2, -0.15) is 0 Å². The van der Waals surface area contributed by atoms with Gasteiger partial charge in [0.1, 0.15) is 0 Å². The summed E-state index contributed by atoms with van der Waals surface area (Å²) in [7, 11) is 1.67. The lowest BCUT2D eigenvalue weighted by Gasteiger charge is -2.22. The van der Waals surface area contributed by atoms with Gasteiger partial charge in [-0.15, -0.1) is 0 Å². The van der Waals surface area contributed by atoms with Crippen molar-refractivity contribution in [3.8, 4) is 0 Å². The first-order valence-corrected chi connectivity index (χ1v) is 7.83. The van der Waals surface area contributed by atoms with Crippen LogP contribution in [0.2, 0.25) is 0 Å². The third kappa shape index (κ3) is 4.21. The number of amides is 1. The number of hydrogen-bond acceptors (Lipinski definition) is 3. The highest BCUT2D eigenvalue weighted by Crippen LogP contribution is 2.30. The van der Waals surface area contributed by atoms with Gasteiger partial charge >= 0.3 is 0 Å². The average Bonchev–Trinajstić information content (AvgIpc) is 2.92. The second-order valence-electron chi connectivity index (χ2n) is 5.56. The molecular formula is C15H24ClNO3. The quantitative estimate of drug-likeness (QED) is 0.708. The van der Waals surface area contributed by atoms with Gasteiger partial charge in [-0.05, 0) is 32.1 Å². The molecule has 114 valence electrons. The van der Waals surface area contributed by atoms with E-state index >= 15 is 0 Å². The molecule has 0 spiro atoms. The van der Waals surface area contributed by atoms with Crippen molar-refractivity contribution in [2.24, 2.45) is 5.92 Å². The van der Waals surface area contributed by atoms with Crippen LogP contribution in [0.5, 0.6) is 0 Å². The zero-order valence-corrected chi connectivity index (χ0v) is 13.0. The monoisotopic (exact) mass is 301 g/mol. The third-order valence-electron chi connectivity index (χ3n) is 4.02. The first-order valence-electron chi connectivity index (χ1n) is 7.46. The van der Waals surface area contributed by atoms with E-state index in [0.717, 1.165) is 55.8 Å². The predicted molar refractivity (Wildman–Crippen MR) is 78.7 cm³/mol. The minimum absolute atomic E-state index is 0.147. The van der Waals surface area contributed by atoms with Crippen LogP contribution in [0.4, 0.5) is 0 Å². The molecule has 1 aliphatic heterocycles. The van der Waals surface area contributed by atoms with Gasteiger partial charge in [0.2, 0.25) is 0 Å². The number of likely N-dealkylation sites (tertiary alicyclic amines) is 1. The lowest BCUT2D eigenvalue weighted by atomic mass is 9.98. The minimum Gasteiger partial charge on any atom is -0.382 e. The van der Waals surface area contributed by atoms with Crippen LogP contribution in [0, 0.1) is 5.92 Å². The standard InChI is InChI=1S/C15H24ClNO3/c1-19-8-9-20-11-12-6-7-17(10-12)15(18)13-4-2-3-5-14(13)16/h12H,2-11H2,1H3/t12-/m1/s1. The van der Waals surface area contributed by atoms with Crippen LogP contribution in [-0.4, -0.2) is 50.8 Å². The van der Waals surface area contributed by atoms with Crippen LogP contribution < -0.4 is 0 Å². The Morgan fingerprint density at radius 1 is 1.35 bits per heavy atom. The van der Waals surface area contributed by atoms with Crippen molar-refractivity contribution in [2.45, 2.75) is 32.1 Å². The Hall–Kier alpha value is -0.580. The van der Waals surface area contributed by atoms with Crippen LogP contribution in [0.3, 0.4) is 0 Å². The van der Waals surface area contributed by atoms with E-state index in [0.29, 0.717) is 25.7 Å². The van der Waals surface area contributed by atoms with Crippen molar-refractivity contribution in [3.63, 3.8) is 0 Å². The predicted octanol–water partition coefficient (Wildman–Crippen LogP) is 2.56. The maximum Gasteiger partial charge on any atom is 0.250 e. The minimum atomic E-state index is 0.147. The molecule has 0 aromatic carbocycles. The van der Waals surface area contributed by atoms with Crippen molar-refractivity contribution in [1.82, 2.24) is 4.90 Å². The van der Waals surface area contributed by atoms with Crippen molar-refractivity contribution in [2.75, 3.05) is 40.0 Å². The number of allylic oxidation sites excluding steroid dienone is 1. The summed E-state index contributed by atoms with van der Waals surface area (Å²) in [5.41, 5.74) is 0.846. The molecule has 1 amide bonds. The van der Waals surface area contributed by atoms with Gasteiger partial charge < -0.3 is 14.4 Å². The average molecular weight is 302 g/mol. The van der Waals surface area contributed by atoms with E-state index in [2.05, 4.69) is 0 Å². The van der Waals surface area contributed by atoms with Crippen LogP contribution in [0.15, 0.2) is 10.6 Å². The Labute approximate surface area is 126 Å². The number of rotatable bonds is 6. The smallest absolute Gasteiger partial charge is 0.250 e. The first kappa shape index (κ1) is 15.8. The fourth-order valence-electron chi connectivity index (χ4n) is 2.83. The van der Waals surface area contributed by atoms with Gasteiger partial charge in [-0.1, -0.05) is 11.6 Å². The number of carbonyl (C=O) groups is 1. The molecule has 0 saturated carbocycles. The fourth-order valence-corrected chi connectivity index (χ4v) is 3.14. The van der Waals surface area contributed by atoms with E-state index < -0.39 is 0 Å². The summed E-state index contributed by atoms with van der Waals surface area (Å²) in [6, 6.07) is 0. The Bertz CT molecular complexity index is 370. The summed E-state index contributed by atoms with van der Waals surface area (Å²) < 4.78 is 10.5. The Kier molecular flexibility index (Phi) is 6.33. The summed E-state index contributed by atoms with van der Waals surface area (Å²) in [5, 5.41) is 0.779. The Morgan fingerprint density at radius 2 is 2.15 bits per heavy atom. The summed E-state index contributed by atoms with van der Waals surface area (Å²) in [5.74, 6) is 0.591. The number of ether oxygens (including phenoxy) is 2. The molecular weight excluding hydrogens is 278 g/mol. The molecule has 0 bridgehead atoms. The molecule has 1 heterocycles. The van der Waals surface area contributed by atoms with E-state index in [9.17, 15) is 4.79 Å². The second kappa shape index (κ2) is 8.01. The molecule has 1 aliphatic carbocycles. The van der Waals surface area contributed by atoms with E-state index in [-0.39, 0.29) is 5.91 Å². The maximum atomic E-state index is 12.5. The van der Waals surface area contributed by atoms with Gasteiger partial charge in [-0.25, -0.2) is 0 Å². The molecule has 0 unspecified atom stereocenters. The molecule has 1 fully saturated rings. The van der Waals surface area contributed by atoms with Crippen molar-refractivity contribution < 1.29 is 14.3 Å². The van der Waals surface area contributed by atoms with Crippen LogP contribution in [0.1, 0.15) is 32.1 Å². The van der Waals surface area contributed by atoms with Gasteiger partial charge in [0.25, 0.3) is 5.91 Å². The zero-order valence-electron chi connectivity index (χ0n) is 12.2. The number of methoxy groups -OCH3 is 1. The molecule has 0 aromatic heterocycles. The van der Waals surface area contributed by atoms with Crippen LogP contribution in [0.25, 0.3) is 0 Å². The normalized spacial score (nSPS) is 23.5. The number of carbonyl (C=O) groups excluding carboxylic acids is 1. The number of halogens is 1. The molecule has 2 rings (SSSR count). The molecule has 5 heteroatoms. The van der Waals surface area contributed by atoms with Gasteiger partial charge in [0.05, 0.1) is 19.8 Å².